The van der Waals surface area contributed by atoms with Crippen LogP contribution in [0.5, 0.6) is 17.4 Å². The molecule has 1 aliphatic rings. The van der Waals surface area contributed by atoms with Gasteiger partial charge in [-0.3, -0.25) is 19.3 Å². The molecule has 0 spiro atoms. The Morgan fingerprint density at radius 3 is 1.68 bits per heavy atom. The lowest BCUT2D eigenvalue weighted by Crippen LogP contribution is -2.60. The molecule has 0 amide bonds. The number of ether oxygens (including phenoxy) is 4. The van der Waals surface area contributed by atoms with Crippen molar-refractivity contribution in [3.8, 4) is 17.4 Å². The van der Waals surface area contributed by atoms with E-state index in [4.69, 9.17) is 18.9 Å². The Labute approximate surface area is 312 Å². The molecule has 1 aliphatic heterocycles. The summed E-state index contributed by atoms with van der Waals surface area (Å²) in [5.74, 6) is 1.92. The Morgan fingerprint density at radius 2 is 1.25 bits per heavy atom. The van der Waals surface area contributed by atoms with Gasteiger partial charge in [0, 0.05) is 47.4 Å². The molecule has 0 bridgehead atoms. The van der Waals surface area contributed by atoms with Crippen molar-refractivity contribution < 1.29 is 39.4 Å². The number of aromatic amines is 1. The third-order valence-electron chi connectivity index (χ3n) is 8.97. The third-order valence-corrected chi connectivity index (χ3v) is 8.97. The number of aliphatic hydroxyl groups excluding tert-OH is 4. The molecule has 292 valence electrons. The fourth-order valence-corrected chi connectivity index (χ4v) is 6.22. The van der Waals surface area contributed by atoms with Gasteiger partial charge < -0.3 is 39.4 Å². The summed E-state index contributed by atoms with van der Waals surface area (Å²) in [6.45, 7) is 19.5. The number of nitrogens with one attached hydrogen (secondary N) is 1. The molecule has 0 unspecified atom stereocenters. The Balaban J connectivity index is 0.000000258. The lowest BCUT2D eigenvalue weighted by Gasteiger charge is -2.39. The van der Waals surface area contributed by atoms with Gasteiger partial charge >= 0.3 is 0 Å². The van der Waals surface area contributed by atoms with E-state index in [-0.39, 0.29) is 35.7 Å². The second-order valence-electron chi connectivity index (χ2n) is 14.7. The van der Waals surface area contributed by atoms with E-state index in [1.807, 2.05) is 113 Å². The number of nitrogens with zero attached hydrogens (tertiary/aromatic N) is 3. The molecule has 2 aromatic carbocycles. The summed E-state index contributed by atoms with van der Waals surface area (Å²) in [5, 5.41) is 47.3. The fourth-order valence-electron chi connectivity index (χ4n) is 6.22. The van der Waals surface area contributed by atoms with Crippen molar-refractivity contribution in [2.75, 3.05) is 6.61 Å². The largest absolute Gasteiger partial charge is 0.491 e. The molecule has 1 saturated heterocycles. The average molecular weight is 739 g/mol. The summed E-state index contributed by atoms with van der Waals surface area (Å²) in [5.41, 5.74) is 5.70. The Kier molecular flexibility index (Phi) is 14.3. The van der Waals surface area contributed by atoms with E-state index < -0.39 is 37.3 Å². The van der Waals surface area contributed by atoms with Crippen LogP contribution in [0.3, 0.4) is 0 Å². The SMILES string of the molecule is Cc1c(Cc2ccc(OC(C)C)cc2)c(=O)[nH]n1C(C)C.Cc1c(Cc2ccc(OC(C)C)cc2)c(O[C@@H]2O[C@H](CO)[C@@H](O)[C@H](O)[C@H]2O)nn1C(C)C. The van der Waals surface area contributed by atoms with Crippen molar-refractivity contribution in [1.82, 2.24) is 19.6 Å². The molecule has 13 heteroatoms. The van der Waals surface area contributed by atoms with Crippen molar-refractivity contribution in [3.05, 3.63) is 92.5 Å². The minimum absolute atomic E-state index is 0.00343. The van der Waals surface area contributed by atoms with Crippen LogP contribution in [-0.2, 0) is 17.6 Å². The minimum Gasteiger partial charge on any atom is -0.491 e. The van der Waals surface area contributed by atoms with Gasteiger partial charge in [0.2, 0.25) is 12.2 Å². The number of benzene rings is 2. The van der Waals surface area contributed by atoms with Crippen LogP contribution in [0.4, 0.5) is 0 Å². The summed E-state index contributed by atoms with van der Waals surface area (Å²) >= 11 is 0. The second kappa shape index (κ2) is 18.3. The van der Waals surface area contributed by atoms with E-state index in [1.54, 1.807) is 0 Å². The quantitative estimate of drug-likeness (QED) is 0.129. The number of hydrogen-bond acceptors (Lipinski definition) is 10. The lowest BCUT2D eigenvalue weighted by atomic mass is 9.99. The highest BCUT2D eigenvalue weighted by molar-refractivity contribution is 5.38. The highest BCUT2D eigenvalue weighted by Gasteiger charge is 2.45. The summed E-state index contributed by atoms with van der Waals surface area (Å²) in [4.78, 5) is 12.1. The Hall–Kier alpha value is -4.14. The monoisotopic (exact) mass is 738 g/mol. The lowest BCUT2D eigenvalue weighted by molar-refractivity contribution is -0.278. The molecule has 3 heterocycles. The average Bonchev–Trinajstić information content (AvgIpc) is 3.56. The highest BCUT2D eigenvalue weighted by Crippen LogP contribution is 2.31. The van der Waals surface area contributed by atoms with E-state index >= 15 is 0 Å². The molecule has 0 radical (unpaired) electrons. The molecular formula is C40H58N4O9. The standard InChI is InChI=1S/C23H34N2O7.C17H24N2O2/c1-12(2)25-14(5)17(10-15-6-8-16(9-7-15)30-13(3)4)22(24-25)32-23-21(29)20(28)19(27)18(11-26)31-23;1-11(2)19-13(5)16(17(20)18-19)10-14-6-8-15(9-7-14)21-12(3)4/h6-9,12-13,18-21,23,26-29H,10-11H2,1-5H3;6-9,11-12H,10H2,1-5H3,(H,18,20)/t18-,19-,20+,21-,23+;/m1./s1. The number of rotatable bonds is 13. The Bertz CT molecular complexity index is 1790. The zero-order chi connectivity index (χ0) is 39.1. The maximum Gasteiger partial charge on any atom is 0.267 e. The molecule has 13 nitrogen and oxygen atoms in total. The van der Waals surface area contributed by atoms with Crippen LogP contribution >= 0.6 is 0 Å². The van der Waals surface area contributed by atoms with E-state index in [1.165, 1.54) is 0 Å². The number of H-pyrrole nitrogens is 1. The maximum absolute atomic E-state index is 12.1. The van der Waals surface area contributed by atoms with E-state index in [0.717, 1.165) is 45.1 Å². The zero-order valence-electron chi connectivity index (χ0n) is 32.6. The van der Waals surface area contributed by atoms with Crippen LogP contribution in [0.15, 0.2) is 53.3 Å². The molecule has 0 aliphatic carbocycles. The number of aliphatic hydroxyl groups is 4. The van der Waals surface area contributed by atoms with Gasteiger partial charge in [-0.2, -0.15) is 0 Å². The van der Waals surface area contributed by atoms with Crippen LogP contribution in [-0.4, -0.2) is 89.5 Å². The first-order valence-electron chi connectivity index (χ1n) is 18.4. The fraction of sp³-hybridized carbons (Fsp3) is 0.550. The van der Waals surface area contributed by atoms with Crippen LogP contribution in [0.2, 0.25) is 0 Å². The summed E-state index contributed by atoms with van der Waals surface area (Å²) in [7, 11) is 0. The van der Waals surface area contributed by atoms with E-state index in [9.17, 15) is 25.2 Å². The predicted octanol–water partition coefficient (Wildman–Crippen LogP) is 4.77. The van der Waals surface area contributed by atoms with E-state index in [0.29, 0.717) is 12.8 Å². The molecule has 1 fully saturated rings. The van der Waals surface area contributed by atoms with Gasteiger partial charge in [0.05, 0.1) is 18.8 Å². The number of hydrogen-bond donors (Lipinski definition) is 5. The third kappa shape index (κ3) is 10.5. The van der Waals surface area contributed by atoms with Gasteiger partial charge in [-0.15, -0.1) is 5.10 Å². The van der Waals surface area contributed by atoms with Crippen LogP contribution in [0.1, 0.15) is 101 Å². The zero-order valence-corrected chi connectivity index (χ0v) is 32.6. The predicted molar refractivity (Wildman–Crippen MR) is 202 cm³/mol. The summed E-state index contributed by atoms with van der Waals surface area (Å²) in [6, 6.07) is 16.0. The summed E-state index contributed by atoms with van der Waals surface area (Å²) < 4.78 is 26.5. The Morgan fingerprint density at radius 1 is 0.736 bits per heavy atom. The van der Waals surface area contributed by atoms with Gasteiger partial charge in [0.1, 0.15) is 35.9 Å². The molecule has 4 aromatic rings. The first-order valence-corrected chi connectivity index (χ1v) is 18.4. The van der Waals surface area contributed by atoms with Crippen LogP contribution < -0.4 is 19.8 Å². The van der Waals surface area contributed by atoms with Crippen molar-refractivity contribution in [3.63, 3.8) is 0 Å². The van der Waals surface area contributed by atoms with Crippen molar-refractivity contribution in [2.45, 2.75) is 137 Å². The number of aromatic nitrogens is 4. The first kappa shape index (κ1) is 41.6. The highest BCUT2D eigenvalue weighted by atomic mass is 16.7. The molecule has 5 atom stereocenters. The van der Waals surface area contributed by atoms with Gasteiger partial charge in [-0.1, -0.05) is 24.3 Å². The van der Waals surface area contributed by atoms with Gasteiger partial charge in [-0.25, -0.2) is 0 Å². The van der Waals surface area contributed by atoms with Crippen molar-refractivity contribution >= 4 is 0 Å². The topological polar surface area (TPSA) is 173 Å². The molecule has 53 heavy (non-hydrogen) atoms. The first-order chi connectivity index (χ1) is 25.0. The van der Waals surface area contributed by atoms with Crippen LogP contribution in [0, 0.1) is 13.8 Å². The smallest absolute Gasteiger partial charge is 0.267 e. The van der Waals surface area contributed by atoms with Gasteiger partial charge in [-0.05, 0) is 105 Å². The minimum atomic E-state index is -1.52. The van der Waals surface area contributed by atoms with Gasteiger partial charge in [0.25, 0.3) is 5.56 Å². The second-order valence-corrected chi connectivity index (χ2v) is 14.7. The summed E-state index contributed by atoms with van der Waals surface area (Å²) in [6.07, 6.45) is -5.39. The molecular weight excluding hydrogens is 680 g/mol. The van der Waals surface area contributed by atoms with Crippen molar-refractivity contribution in [1.29, 1.82) is 0 Å². The van der Waals surface area contributed by atoms with Crippen LogP contribution in [0.25, 0.3) is 0 Å². The van der Waals surface area contributed by atoms with Crippen molar-refractivity contribution in [2.24, 2.45) is 0 Å². The molecule has 5 rings (SSSR count). The normalized spacial score (nSPS) is 20.2. The molecule has 0 saturated carbocycles. The maximum atomic E-state index is 12.1. The van der Waals surface area contributed by atoms with Gasteiger partial charge in [0.15, 0.2) is 0 Å². The van der Waals surface area contributed by atoms with E-state index in [2.05, 4.69) is 24.0 Å². The molecule has 5 N–H and O–H groups in total. The molecule has 2 aromatic heterocycles.